The van der Waals surface area contributed by atoms with E-state index in [1.54, 1.807) is 24.3 Å². The van der Waals surface area contributed by atoms with Gasteiger partial charge in [0.25, 0.3) is 11.6 Å². The van der Waals surface area contributed by atoms with Gasteiger partial charge in [0.15, 0.2) is 0 Å². The zero-order valence-electron chi connectivity index (χ0n) is 12.9. The van der Waals surface area contributed by atoms with Crippen molar-refractivity contribution in [3.8, 4) is 11.5 Å². The molecule has 0 heterocycles. The zero-order chi connectivity index (χ0) is 18.1. The second-order valence-electron chi connectivity index (χ2n) is 4.67. The summed E-state index contributed by atoms with van der Waals surface area (Å²) < 4.78 is 10.8. The second-order valence-corrected chi connectivity index (χ2v) is 4.67. The van der Waals surface area contributed by atoms with Gasteiger partial charge in [-0.3, -0.25) is 9.59 Å². The summed E-state index contributed by atoms with van der Waals surface area (Å²) in [5.74, 6) is 0.129. The van der Waals surface area contributed by atoms with Gasteiger partial charge in [-0.05, 0) is 48.5 Å². The minimum absolute atomic E-state index is 0.0726. The maximum atomic E-state index is 11.5. The highest BCUT2D eigenvalue weighted by atomic mass is 16.7. The first kappa shape index (κ1) is 17.5. The fourth-order valence-electron chi connectivity index (χ4n) is 1.85. The number of nitrogens with zero attached hydrogens (tertiary/aromatic N) is 4. The van der Waals surface area contributed by atoms with Crippen molar-refractivity contribution in [2.45, 2.75) is 0 Å². The highest BCUT2D eigenvalue weighted by Crippen LogP contribution is 2.15. The maximum Gasteiger partial charge on any atom is 0.328 e. The lowest BCUT2D eigenvalue weighted by Crippen LogP contribution is -2.07. The first-order valence-electron chi connectivity index (χ1n) is 7.03. The summed E-state index contributed by atoms with van der Waals surface area (Å²) in [4.78, 5) is 28.3. The molecule has 0 aliphatic carbocycles. The van der Waals surface area contributed by atoms with Crippen LogP contribution in [-0.2, 0) is 0 Å². The molecule has 0 radical (unpaired) electrons. The standard InChI is InChI=1S/C17H12N4O4/c18-20-9-16(22)12-1-5-14(6-2-12)24-11-25-15-7-3-13(4-8-15)17(23)10-21-19/h1-10H,11H2. The van der Waals surface area contributed by atoms with Crippen molar-refractivity contribution in [1.82, 2.24) is 0 Å². The van der Waals surface area contributed by atoms with Crippen molar-refractivity contribution < 1.29 is 28.6 Å². The van der Waals surface area contributed by atoms with E-state index in [0.717, 1.165) is 12.4 Å². The zero-order valence-corrected chi connectivity index (χ0v) is 12.9. The van der Waals surface area contributed by atoms with Crippen molar-refractivity contribution in [2.75, 3.05) is 6.79 Å². The summed E-state index contributed by atoms with van der Waals surface area (Å²) in [6.07, 6.45) is 1.61. The van der Waals surface area contributed by atoms with E-state index in [0.29, 0.717) is 22.6 Å². The molecule has 2 aromatic rings. The molecule has 0 saturated heterocycles. The Kier molecular flexibility index (Phi) is 6.08. The molecular formula is C17H12N4O4. The number of hydrogen-bond acceptors (Lipinski definition) is 4. The summed E-state index contributed by atoms with van der Waals surface area (Å²) in [6.45, 7) is -0.0726. The summed E-state index contributed by atoms with van der Waals surface area (Å²) in [6, 6.07) is 12.4. The van der Waals surface area contributed by atoms with Crippen molar-refractivity contribution in [3.05, 3.63) is 70.7 Å². The minimum atomic E-state index is -0.425. The third-order valence-corrected chi connectivity index (χ3v) is 3.08. The third kappa shape index (κ3) is 5.07. The molecule has 0 bridgehead atoms. The van der Waals surface area contributed by atoms with Crippen molar-refractivity contribution >= 4 is 24.0 Å². The van der Waals surface area contributed by atoms with E-state index >= 15 is 0 Å². The summed E-state index contributed by atoms with van der Waals surface area (Å²) >= 11 is 0. The molecule has 0 amide bonds. The van der Waals surface area contributed by atoms with Gasteiger partial charge >= 0.3 is 12.4 Å². The fourth-order valence-corrected chi connectivity index (χ4v) is 1.85. The molecule has 0 spiro atoms. The predicted octanol–water partition coefficient (Wildman–Crippen LogP) is 2.07. The lowest BCUT2D eigenvalue weighted by Gasteiger charge is -2.08. The van der Waals surface area contributed by atoms with Crippen LogP contribution in [0, 0.1) is 0 Å². The molecule has 0 fully saturated rings. The lowest BCUT2D eigenvalue weighted by molar-refractivity contribution is 0.00214. The molecule has 124 valence electrons. The number of carbonyl (C=O) groups is 2. The molecule has 2 aromatic carbocycles. The Balaban J connectivity index is 1.88. The first-order chi connectivity index (χ1) is 12.1. The Morgan fingerprint density at radius 3 is 1.44 bits per heavy atom. The monoisotopic (exact) mass is 336 g/mol. The Labute approximate surface area is 142 Å². The van der Waals surface area contributed by atoms with E-state index in [1.807, 2.05) is 0 Å². The van der Waals surface area contributed by atoms with E-state index in [1.165, 1.54) is 24.3 Å². The molecule has 0 aliphatic heterocycles. The quantitative estimate of drug-likeness (QED) is 0.240. The molecular weight excluding hydrogens is 324 g/mol. The van der Waals surface area contributed by atoms with Crippen LogP contribution >= 0.6 is 0 Å². The van der Waals surface area contributed by atoms with Gasteiger partial charge in [0, 0.05) is 11.1 Å². The Morgan fingerprint density at radius 1 is 0.760 bits per heavy atom. The molecule has 25 heavy (non-hydrogen) atoms. The van der Waals surface area contributed by atoms with Crippen molar-refractivity contribution in [1.29, 1.82) is 0 Å². The van der Waals surface area contributed by atoms with Gasteiger partial charge < -0.3 is 20.5 Å². The second kappa shape index (κ2) is 8.69. The average molecular weight is 336 g/mol. The van der Waals surface area contributed by atoms with Crippen LogP contribution in [0.2, 0.25) is 0 Å². The van der Waals surface area contributed by atoms with Crippen LogP contribution in [0.15, 0.2) is 48.5 Å². The van der Waals surface area contributed by atoms with Crippen LogP contribution in [0.3, 0.4) is 0 Å². The largest absolute Gasteiger partial charge is 0.458 e. The van der Waals surface area contributed by atoms with Crippen LogP contribution in [-0.4, -0.2) is 40.4 Å². The number of ketones is 2. The van der Waals surface area contributed by atoms with Crippen LogP contribution < -0.4 is 9.47 Å². The van der Waals surface area contributed by atoms with Gasteiger partial charge in [-0.2, -0.15) is 9.58 Å². The number of benzene rings is 2. The van der Waals surface area contributed by atoms with Crippen LogP contribution in [0.5, 0.6) is 11.5 Å². The van der Waals surface area contributed by atoms with E-state index < -0.39 is 11.6 Å². The Hall–Kier alpha value is -3.86. The Morgan fingerprint density at radius 2 is 1.12 bits per heavy atom. The minimum Gasteiger partial charge on any atom is -0.458 e. The Bertz CT molecular complexity index is 789. The SMILES string of the molecule is [N-]=[N+]=CC(=O)c1ccc(OCOc2ccc(C(=O)C=[N+]=[N-])cc2)cc1. The number of hydrogen-bond donors (Lipinski definition) is 0. The highest BCUT2D eigenvalue weighted by Gasteiger charge is 2.08. The van der Waals surface area contributed by atoms with Crippen LogP contribution in [0.1, 0.15) is 20.7 Å². The maximum absolute atomic E-state index is 11.5. The van der Waals surface area contributed by atoms with E-state index in [9.17, 15) is 9.59 Å². The van der Waals surface area contributed by atoms with Gasteiger partial charge in [-0.1, -0.05) is 0 Å². The molecule has 0 aliphatic rings. The summed E-state index contributed by atoms with van der Waals surface area (Å²) in [5.41, 5.74) is 17.4. The van der Waals surface area contributed by atoms with Gasteiger partial charge in [0.2, 0.25) is 6.79 Å². The topological polar surface area (TPSA) is 125 Å². The molecule has 2 rings (SSSR count). The molecule has 0 unspecified atom stereocenters. The fraction of sp³-hybridized carbons (Fsp3) is 0.0588. The van der Waals surface area contributed by atoms with E-state index in [4.69, 9.17) is 20.5 Å². The molecule has 8 heteroatoms. The smallest absolute Gasteiger partial charge is 0.328 e. The molecule has 8 nitrogen and oxygen atoms in total. The molecule has 0 aromatic heterocycles. The number of Topliss-reactive ketones (excluding diaryl/α,β-unsaturated/α-hetero) is 2. The highest BCUT2D eigenvalue weighted by molar-refractivity contribution is 6.33. The van der Waals surface area contributed by atoms with Gasteiger partial charge in [0.05, 0.1) is 0 Å². The van der Waals surface area contributed by atoms with E-state index in [2.05, 4.69) is 9.58 Å². The van der Waals surface area contributed by atoms with Gasteiger partial charge in [-0.15, -0.1) is 0 Å². The van der Waals surface area contributed by atoms with Crippen LogP contribution in [0.4, 0.5) is 0 Å². The molecule has 0 N–H and O–H groups in total. The van der Waals surface area contributed by atoms with Crippen molar-refractivity contribution in [3.63, 3.8) is 0 Å². The third-order valence-electron chi connectivity index (χ3n) is 3.08. The number of carbonyl (C=O) groups excluding carboxylic acids is 2. The first-order valence-corrected chi connectivity index (χ1v) is 7.03. The predicted molar refractivity (Wildman–Crippen MR) is 87.0 cm³/mol. The molecule has 0 saturated carbocycles. The lowest BCUT2D eigenvalue weighted by atomic mass is 10.1. The summed E-state index contributed by atoms with van der Waals surface area (Å²) in [5, 5.41) is 0. The average Bonchev–Trinajstić information content (AvgIpc) is 2.63. The molecule has 0 atom stereocenters. The van der Waals surface area contributed by atoms with Crippen LogP contribution in [0.25, 0.3) is 11.1 Å². The van der Waals surface area contributed by atoms with E-state index in [-0.39, 0.29) is 6.79 Å². The normalized spacial score (nSPS) is 9.28. The van der Waals surface area contributed by atoms with Gasteiger partial charge in [-0.25, -0.2) is 0 Å². The number of ether oxygens (including phenoxy) is 2. The van der Waals surface area contributed by atoms with Gasteiger partial charge in [0.1, 0.15) is 11.5 Å². The summed E-state index contributed by atoms with van der Waals surface area (Å²) in [7, 11) is 0. The number of rotatable bonds is 8. The van der Waals surface area contributed by atoms with Crippen molar-refractivity contribution in [2.24, 2.45) is 0 Å².